The van der Waals surface area contributed by atoms with E-state index in [0.29, 0.717) is 6.79 Å². The highest BCUT2D eigenvalue weighted by molar-refractivity contribution is 5.48. The van der Waals surface area contributed by atoms with Gasteiger partial charge in [-0.2, -0.15) is 0 Å². The number of nitrogens with one attached hydrogen (secondary N) is 1. The van der Waals surface area contributed by atoms with Crippen LogP contribution in [0.25, 0.3) is 0 Å². The normalized spacial score (nSPS) is 12.4. The molecule has 0 bridgehead atoms. The van der Waals surface area contributed by atoms with Crippen LogP contribution in [-0.2, 0) is 13.1 Å². The summed E-state index contributed by atoms with van der Waals surface area (Å²) in [5.74, 6) is 2.57. The minimum absolute atomic E-state index is 0.304. The van der Waals surface area contributed by atoms with Gasteiger partial charge < -0.3 is 19.5 Å². The molecule has 0 fully saturated rings. The third-order valence-electron chi connectivity index (χ3n) is 3.30. The van der Waals surface area contributed by atoms with Crippen LogP contribution in [0.15, 0.2) is 42.5 Å². The Morgan fingerprint density at radius 3 is 2.70 bits per heavy atom. The second-order valence-corrected chi connectivity index (χ2v) is 4.57. The number of hydrogen-bond acceptors (Lipinski definition) is 4. The summed E-state index contributed by atoms with van der Waals surface area (Å²) in [6, 6.07) is 14.0. The van der Waals surface area contributed by atoms with Crippen LogP contribution in [0.3, 0.4) is 0 Å². The molecule has 0 unspecified atom stereocenters. The number of fused-ring (bicyclic) bond motifs is 1. The maximum atomic E-state index is 5.49. The van der Waals surface area contributed by atoms with Crippen molar-refractivity contribution in [2.24, 2.45) is 0 Å². The van der Waals surface area contributed by atoms with Crippen LogP contribution in [0.1, 0.15) is 11.1 Å². The highest BCUT2D eigenvalue weighted by atomic mass is 16.7. The van der Waals surface area contributed by atoms with Crippen LogP contribution in [-0.4, -0.2) is 13.9 Å². The summed E-state index contributed by atoms with van der Waals surface area (Å²) >= 11 is 0. The van der Waals surface area contributed by atoms with E-state index >= 15 is 0 Å². The number of methoxy groups -OCH3 is 1. The van der Waals surface area contributed by atoms with Gasteiger partial charge in [0.25, 0.3) is 0 Å². The van der Waals surface area contributed by atoms with Gasteiger partial charge in [-0.3, -0.25) is 0 Å². The molecule has 1 heterocycles. The van der Waals surface area contributed by atoms with Gasteiger partial charge >= 0.3 is 0 Å². The summed E-state index contributed by atoms with van der Waals surface area (Å²) in [6.45, 7) is 1.78. The van der Waals surface area contributed by atoms with Crippen LogP contribution in [0.5, 0.6) is 17.2 Å². The van der Waals surface area contributed by atoms with Gasteiger partial charge in [-0.25, -0.2) is 0 Å². The zero-order valence-corrected chi connectivity index (χ0v) is 11.4. The van der Waals surface area contributed by atoms with Gasteiger partial charge in [0, 0.05) is 24.2 Å². The second-order valence-electron chi connectivity index (χ2n) is 4.57. The standard InChI is InChI=1S/C16H17NO3/c1-18-14-7-3-2-5-12(14)9-17-10-13-6-4-8-15-16(13)20-11-19-15/h2-8,17H,9-11H2,1H3. The number of rotatable bonds is 5. The lowest BCUT2D eigenvalue weighted by Crippen LogP contribution is -2.13. The molecule has 0 aliphatic carbocycles. The SMILES string of the molecule is COc1ccccc1CNCc1cccc2c1OCO2. The maximum absolute atomic E-state index is 5.49. The molecule has 0 amide bonds. The van der Waals surface area contributed by atoms with Gasteiger partial charge in [0.15, 0.2) is 11.5 Å². The Labute approximate surface area is 118 Å². The zero-order valence-electron chi connectivity index (χ0n) is 11.4. The highest BCUT2D eigenvalue weighted by Crippen LogP contribution is 2.35. The quantitative estimate of drug-likeness (QED) is 0.907. The van der Waals surface area contributed by atoms with Crippen molar-refractivity contribution in [3.63, 3.8) is 0 Å². The van der Waals surface area contributed by atoms with E-state index in [0.717, 1.165) is 41.5 Å². The van der Waals surface area contributed by atoms with E-state index in [1.54, 1.807) is 7.11 Å². The fraction of sp³-hybridized carbons (Fsp3) is 0.250. The molecule has 3 rings (SSSR count). The number of para-hydroxylation sites is 2. The van der Waals surface area contributed by atoms with E-state index in [-0.39, 0.29) is 0 Å². The zero-order chi connectivity index (χ0) is 13.8. The van der Waals surface area contributed by atoms with Crippen molar-refractivity contribution in [3.05, 3.63) is 53.6 Å². The first-order valence-corrected chi connectivity index (χ1v) is 6.58. The van der Waals surface area contributed by atoms with Crippen molar-refractivity contribution in [3.8, 4) is 17.2 Å². The molecule has 20 heavy (non-hydrogen) atoms. The lowest BCUT2D eigenvalue weighted by Gasteiger charge is -2.10. The maximum Gasteiger partial charge on any atom is 0.231 e. The number of ether oxygens (including phenoxy) is 3. The first-order chi connectivity index (χ1) is 9.88. The first kappa shape index (κ1) is 12.8. The molecule has 0 radical (unpaired) electrons. The van der Waals surface area contributed by atoms with Crippen LogP contribution in [0.4, 0.5) is 0 Å². The van der Waals surface area contributed by atoms with Crippen LogP contribution < -0.4 is 19.5 Å². The molecule has 0 spiro atoms. The lowest BCUT2D eigenvalue weighted by molar-refractivity contribution is 0.173. The molecule has 0 atom stereocenters. The molecular formula is C16H17NO3. The lowest BCUT2D eigenvalue weighted by atomic mass is 10.1. The van der Waals surface area contributed by atoms with Gasteiger partial charge in [0.2, 0.25) is 6.79 Å². The Morgan fingerprint density at radius 1 is 1.00 bits per heavy atom. The van der Waals surface area contributed by atoms with Crippen LogP contribution in [0.2, 0.25) is 0 Å². The fourth-order valence-electron chi connectivity index (χ4n) is 2.31. The topological polar surface area (TPSA) is 39.7 Å². The van der Waals surface area contributed by atoms with Crippen molar-refractivity contribution in [2.75, 3.05) is 13.9 Å². The summed E-state index contributed by atoms with van der Waals surface area (Å²) < 4.78 is 16.2. The Kier molecular flexibility index (Phi) is 3.74. The van der Waals surface area contributed by atoms with E-state index in [1.807, 2.05) is 36.4 Å². The summed E-state index contributed by atoms with van der Waals surface area (Å²) in [5.41, 5.74) is 2.25. The molecule has 2 aromatic carbocycles. The van der Waals surface area contributed by atoms with Crippen LogP contribution >= 0.6 is 0 Å². The fourth-order valence-corrected chi connectivity index (χ4v) is 2.31. The van der Waals surface area contributed by atoms with Crippen molar-refractivity contribution in [2.45, 2.75) is 13.1 Å². The largest absolute Gasteiger partial charge is 0.496 e. The third kappa shape index (κ3) is 2.56. The van der Waals surface area contributed by atoms with E-state index in [2.05, 4.69) is 11.4 Å². The van der Waals surface area contributed by atoms with Gasteiger partial charge in [0.05, 0.1) is 7.11 Å². The molecule has 0 aromatic heterocycles. The molecule has 4 nitrogen and oxygen atoms in total. The van der Waals surface area contributed by atoms with E-state index < -0.39 is 0 Å². The summed E-state index contributed by atoms with van der Waals surface area (Å²) in [7, 11) is 1.69. The van der Waals surface area contributed by atoms with Gasteiger partial charge in [-0.1, -0.05) is 30.3 Å². The molecule has 2 aromatic rings. The second kappa shape index (κ2) is 5.84. The van der Waals surface area contributed by atoms with E-state index in [1.165, 1.54) is 0 Å². The summed E-state index contributed by atoms with van der Waals surface area (Å²) in [4.78, 5) is 0. The molecule has 1 aliphatic rings. The Morgan fingerprint density at radius 2 is 1.80 bits per heavy atom. The summed E-state index contributed by atoms with van der Waals surface area (Å²) in [5, 5.41) is 3.41. The number of hydrogen-bond donors (Lipinski definition) is 1. The molecule has 104 valence electrons. The molecule has 4 heteroatoms. The third-order valence-corrected chi connectivity index (χ3v) is 3.30. The molecule has 1 N–H and O–H groups in total. The summed E-state index contributed by atoms with van der Waals surface area (Å²) in [6.07, 6.45) is 0. The van der Waals surface area contributed by atoms with Crippen molar-refractivity contribution in [1.82, 2.24) is 5.32 Å². The monoisotopic (exact) mass is 271 g/mol. The van der Waals surface area contributed by atoms with Crippen LogP contribution in [0, 0.1) is 0 Å². The smallest absolute Gasteiger partial charge is 0.231 e. The van der Waals surface area contributed by atoms with Gasteiger partial charge in [0.1, 0.15) is 5.75 Å². The molecule has 1 aliphatic heterocycles. The van der Waals surface area contributed by atoms with E-state index in [4.69, 9.17) is 14.2 Å². The van der Waals surface area contributed by atoms with Crippen molar-refractivity contribution >= 4 is 0 Å². The molecular weight excluding hydrogens is 254 g/mol. The average molecular weight is 271 g/mol. The average Bonchev–Trinajstić information content (AvgIpc) is 2.97. The van der Waals surface area contributed by atoms with E-state index in [9.17, 15) is 0 Å². The first-order valence-electron chi connectivity index (χ1n) is 6.58. The Hall–Kier alpha value is -2.20. The van der Waals surface area contributed by atoms with Gasteiger partial charge in [-0.05, 0) is 12.1 Å². The minimum Gasteiger partial charge on any atom is -0.496 e. The Bertz CT molecular complexity index is 598. The van der Waals surface area contributed by atoms with Gasteiger partial charge in [-0.15, -0.1) is 0 Å². The highest BCUT2D eigenvalue weighted by Gasteiger charge is 2.16. The predicted molar refractivity (Wildman–Crippen MR) is 76.1 cm³/mol. The Balaban J connectivity index is 1.65. The predicted octanol–water partition coefficient (Wildman–Crippen LogP) is 2.71. The molecule has 0 saturated heterocycles. The minimum atomic E-state index is 0.304. The molecule has 0 saturated carbocycles. The van der Waals surface area contributed by atoms with Crippen molar-refractivity contribution in [1.29, 1.82) is 0 Å². The number of benzene rings is 2. The van der Waals surface area contributed by atoms with Crippen molar-refractivity contribution < 1.29 is 14.2 Å².